The van der Waals surface area contributed by atoms with Gasteiger partial charge in [0.2, 0.25) is 0 Å². The van der Waals surface area contributed by atoms with Crippen LogP contribution >= 0.6 is 0 Å². The lowest BCUT2D eigenvalue weighted by Crippen LogP contribution is -1.99. The fraction of sp³-hybridized carbons (Fsp3) is 0.133. The lowest BCUT2D eigenvalue weighted by Gasteiger charge is -2.07. The van der Waals surface area contributed by atoms with Crippen LogP contribution in [-0.4, -0.2) is 6.61 Å². The van der Waals surface area contributed by atoms with E-state index in [0.717, 1.165) is 11.3 Å². The molecular weight excluding hydrogens is 243 g/mol. The molecule has 0 fully saturated rings. The first-order chi connectivity index (χ1) is 9.28. The third-order valence-electron chi connectivity index (χ3n) is 2.57. The average molecular weight is 256 g/mol. The van der Waals surface area contributed by atoms with E-state index in [1.165, 1.54) is 12.1 Å². The maximum Gasteiger partial charge on any atom is 0.174 e. The third kappa shape index (κ3) is 4.00. The monoisotopic (exact) mass is 256 g/mol. The van der Waals surface area contributed by atoms with Gasteiger partial charge < -0.3 is 10.1 Å². The summed E-state index contributed by atoms with van der Waals surface area (Å²) in [6, 6.07) is 15.6. The van der Waals surface area contributed by atoms with Crippen LogP contribution in [0.5, 0.6) is 5.75 Å². The Bertz CT molecular complexity index is 558. The van der Waals surface area contributed by atoms with E-state index in [4.69, 9.17) is 10.00 Å². The van der Waals surface area contributed by atoms with E-state index in [0.29, 0.717) is 12.3 Å². The summed E-state index contributed by atoms with van der Waals surface area (Å²) in [6.07, 6.45) is 0. The van der Waals surface area contributed by atoms with Gasteiger partial charge in [0, 0.05) is 12.2 Å². The first kappa shape index (κ1) is 12.9. The van der Waals surface area contributed by atoms with Crippen LogP contribution in [0.15, 0.2) is 48.5 Å². The summed E-state index contributed by atoms with van der Waals surface area (Å²) in [5.41, 5.74) is 1.94. The van der Waals surface area contributed by atoms with Gasteiger partial charge in [0.1, 0.15) is 17.6 Å². The van der Waals surface area contributed by atoms with Crippen molar-refractivity contribution in [2.24, 2.45) is 0 Å². The van der Waals surface area contributed by atoms with E-state index in [9.17, 15) is 4.39 Å². The van der Waals surface area contributed by atoms with Crippen LogP contribution in [0.25, 0.3) is 0 Å². The number of rotatable bonds is 5. The van der Waals surface area contributed by atoms with Gasteiger partial charge in [0.25, 0.3) is 0 Å². The van der Waals surface area contributed by atoms with Gasteiger partial charge >= 0.3 is 0 Å². The predicted octanol–water partition coefficient (Wildman–Crippen LogP) is 3.34. The molecule has 0 spiro atoms. The van der Waals surface area contributed by atoms with E-state index in [1.807, 2.05) is 18.2 Å². The zero-order chi connectivity index (χ0) is 13.5. The molecule has 0 saturated heterocycles. The smallest absolute Gasteiger partial charge is 0.174 e. The highest BCUT2D eigenvalue weighted by Gasteiger charge is 1.97. The number of anilines is 1. The van der Waals surface area contributed by atoms with Gasteiger partial charge in [-0.25, -0.2) is 4.39 Å². The van der Waals surface area contributed by atoms with Crippen molar-refractivity contribution in [3.63, 3.8) is 0 Å². The van der Waals surface area contributed by atoms with Crippen LogP contribution < -0.4 is 10.1 Å². The second-order valence-corrected chi connectivity index (χ2v) is 3.95. The van der Waals surface area contributed by atoms with E-state index in [-0.39, 0.29) is 12.4 Å². The molecular formula is C15H13FN2O. The summed E-state index contributed by atoms with van der Waals surface area (Å²) < 4.78 is 17.9. The van der Waals surface area contributed by atoms with Crippen LogP contribution in [0.4, 0.5) is 10.1 Å². The Morgan fingerprint density at radius 3 is 2.37 bits per heavy atom. The van der Waals surface area contributed by atoms with Crippen molar-refractivity contribution in [2.45, 2.75) is 6.54 Å². The molecule has 3 nitrogen and oxygen atoms in total. The summed E-state index contributed by atoms with van der Waals surface area (Å²) in [5.74, 6) is 0.427. The number of halogens is 1. The van der Waals surface area contributed by atoms with Gasteiger partial charge in [-0.2, -0.15) is 5.26 Å². The highest BCUT2D eigenvalue weighted by Crippen LogP contribution is 2.16. The maximum absolute atomic E-state index is 12.7. The molecule has 96 valence electrons. The Balaban J connectivity index is 1.89. The van der Waals surface area contributed by atoms with Crippen molar-refractivity contribution in [1.29, 1.82) is 5.26 Å². The summed E-state index contributed by atoms with van der Waals surface area (Å²) in [6.45, 7) is 0.668. The highest BCUT2D eigenvalue weighted by molar-refractivity contribution is 5.46. The van der Waals surface area contributed by atoms with Crippen molar-refractivity contribution in [2.75, 3.05) is 11.9 Å². The lowest BCUT2D eigenvalue weighted by molar-refractivity contribution is 0.368. The zero-order valence-corrected chi connectivity index (χ0v) is 10.3. The number of nitrogens with one attached hydrogen (secondary N) is 1. The van der Waals surface area contributed by atoms with Gasteiger partial charge in [0.05, 0.1) is 0 Å². The minimum absolute atomic E-state index is 0.0440. The average Bonchev–Trinajstić information content (AvgIpc) is 2.46. The Hall–Kier alpha value is -2.54. The summed E-state index contributed by atoms with van der Waals surface area (Å²) in [4.78, 5) is 0. The van der Waals surface area contributed by atoms with Crippen LogP contribution in [0, 0.1) is 17.1 Å². The van der Waals surface area contributed by atoms with Crippen molar-refractivity contribution in [3.05, 3.63) is 59.9 Å². The van der Waals surface area contributed by atoms with Crippen molar-refractivity contribution < 1.29 is 9.13 Å². The topological polar surface area (TPSA) is 45.0 Å². The highest BCUT2D eigenvalue weighted by atomic mass is 19.1. The summed E-state index contributed by atoms with van der Waals surface area (Å²) in [7, 11) is 0. The van der Waals surface area contributed by atoms with E-state index < -0.39 is 0 Å². The Labute approximate surface area is 111 Å². The fourth-order valence-electron chi connectivity index (χ4n) is 1.59. The molecule has 2 aromatic carbocycles. The SMILES string of the molecule is N#CCOc1ccc(NCc2ccc(F)cc2)cc1. The largest absolute Gasteiger partial charge is 0.479 e. The molecule has 4 heteroatoms. The molecule has 0 amide bonds. The molecule has 0 heterocycles. The predicted molar refractivity (Wildman–Crippen MR) is 71.3 cm³/mol. The molecule has 0 aliphatic carbocycles. The number of nitriles is 1. The summed E-state index contributed by atoms with van der Waals surface area (Å²) in [5, 5.41) is 11.6. The van der Waals surface area contributed by atoms with Crippen LogP contribution in [0.3, 0.4) is 0 Å². The fourth-order valence-corrected chi connectivity index (χ4v) is 1.59. The van der Waals surface area contributed by atoms with Crippen molar-refractivity contribution >= 4 is 5.69 Å². The van der Waals surface area contributed by atoms with Gasteiger partial charge in [0.15, 0.2) is 6.61 Å². The zero-order valence-electron chi connectivity index (χ0n) is 10.3. The second-order valence-electron chi connectivity index (χ2n) is 3.95. The quantitative estimate of drug-likeness (QED) is 0.892. The molecule has 1 N–H and O–H groups in total. The molecule has 0 aromatic heterocycles. The van der Waals surface area contributed by atoms with Crippen molar-refractivity contribution in [1.82, 2.24) is 0 Å². The number of hydrogen-bond donors (Lipinski definition) is 1. The number of nitrogens with zero attached hydrogens (tertiary/aromatic N) is 1. The maximum atomic E-state index is 12.7. The molecule has 0 bridgehead atoms. The van der Waals surface area contributed by atoms with Crippen LogP contribution in [0.2, 0.25) is 0 Å². The molecule has 2 rings (SSSR count). The number of hydrogen-bond acceptors (Lipinski definition) is 3. The molecule has 2 aromatic rings. The standard InChI is InChI=1S/C15H13FN2O/c16-13-3-1-12(2-4-13)11-18-14-5-7-15(8-6-14)19-10-9-17/h1-8,18H,10-11H2. The Morgan fingerprint density at radius 2 is 1.74 bits per heavy atom. The summed E-state index contributed by atoms with van der Waals surface area (Å²) >= 11 is 0. The molecule has 0 atom stereocenters. The van der Waals surface area contributed by atoms with Crippen molar-refractivity contribution in [3.8, 4) is 11.8 Å². The molecule has 0 unspecified atom stereocenters. The van der Waals surface area contributed by atoms with Crippen LogP contribution in [0.1, 0.15) is 5.56 Å². The van der Waals surface area contributed by atoms with E-state index >= 15 is 0 Å². The minimum atomic E-state index is -0.234. The Kier molecular flexibility index (Phi) is 4.35. The normalized spacial score (nSPS) is 9.68. The first-order valence-corrected chi connectivity index (χ1v) is 5.86. The Morgan fingerprint density at radius 1 is 1.05 bits per heavy atom. The first-order valence-electron chi connectivity index (χ1n) is 5.86. The van der Waals surface area contributed by atoms with Crippen LogP contribution in [-0.2, 0) is 6.54 Å². The van der Waals surface area contributed by atoms with Gasteiger partial charge in [-0.15, -0.1) is 0 Å². The molecule has 19 heavy (non-hydrogen) atoms. The minimum Gasteiger partial charge on any atom is -0.479 e. The molecule has 0 saturated carbocycles. The van der Waals surface area contributed by atoms with Gasteiger partial charge in [-0.05, 0) is 42.0 Å². The number of ether oxygens (including phenoxy) is 1. The molecule has 0 radical (unpaired) electrons. The van der Waals surface area contributed by atoms with E-state index in [1.54, 1.807) is 24.3 Å². The number of benzene rings is 2. The molecule has 0 aliphatic heterocycles. The van der Waals surface area contributed by atoms with Gasteiger partial charge in [-0.3, -0.25) is 0 Å². The van der Waals surface area contributed by atoms with E-state index in [2.05, 4.69) is 5.32 Å². The lowest BCUT2D eigenvalue weighted by atomic mass is 10.2. The second kappa shape index (κ2) is 6.41. The molecule has 0 aliphatic rings. The third-order valence-corrected chi connectivity index (χ3v) is 2.57. The van der Waals surface area contributed by atoms with Gasteiger partial charge in [-0.1, -0.05) is 12.1 Å².